The van der Waals surface area contributed by atoms with Crippen LogP contribution in [0.4, 0.5) is 0 Å². The van der Waals surface area contributed by atoms with Crippen molar-refractivity contribution in [3.8, 4) is 0 Å². The summed E-state index contributed by atoms with van der Waals surface area (Å²) in [6.07, 6.45) is 0.896. The molecule has 0 radical (unpaired) electrons. The fourth-order valence-corrected chi connectivity index (χ4v) is 1.02. The van der Waals surface area contributed by atoms with Crippen molar-refractivity contribution in [2.75, 3.05) is 13.2 Å². The van der Waals surface area contributed by atoms with Gasteiger partial charge in [0, 0.05) is 6.54 Å². The number of nitrogens with one attached hydrogen (secondary N) is 1. The normalized spacial score (nSPS) is 15.6. The molecule has 1 rings (SSSR count). The quantitative estimate of drug-likeness (QED) is 0.616. The Balaban J connectivity index is 2.30. The summed E-state index contributed by atoms with van der Waals surface area (Å²) in [7, 11) is 0. The highest BCUT2D eigenvalue weighted by Crippen LogP contribution is 2.11. The molecule has 1 aromatic heterocycles. The van der Waals surface area contributed by atoms with Crippen molar-refractivity contribution < 1.29 is 14.6 Å². The lowest BCUT2D eigenvalue weighted by Crippen LogP contribution is -2.31. The number of aliphatic hydroxyl groups excluding tert-OH is 2. The van der Waals surface area contributed by atoms with Gasteiger partial charge in [-0.1, -0.05) is 0 Å². The highest BCUT2D eigenvalue weighted by Gasteiger charge is 2.09. The molecule has 2 atom stereocenters. The van der Waals surface area contributed by atoms with Crippen LogP contribution in [0.3, 0.4) is 0 Å². The van der Waals surface area contributed by atoms with Crippen LogP contribution in [0.2, 0.25) is 0 Å². The SMILES string of the molecule is CC(NCC(O)CO)c1ccco1. The van der Waals surface area contributed by atoms with Crippen molar-refractivity contribution >= 4 is 0 Å². The molecule has 74 valence electrons. The van der Waals surface area contributed by atoms with E-state index in [1.807, 2.05) is 19.1 Å². The molecule has 0 aromatic carbocycles. The maximum absolute atomic E-state index is 9.06. The van der Waals surface area contributed by atoms with Gasteiger partial charge in [0.25, 0.3) is 0 Å². The monoisotopic (exact) mass is 185 g/mol. The summed E-state index contributed by atoms with van der Waals surface area (Å²) in [5.41, 5.74) is 0. The lowest BCUT2D eigenvalue weighted by molar-refractivity contribution is 0.0917. The van der Waals surface area contributed by atoms with E-state index in [0.717, 1.165) is 5.76 Å². The highest BCUT2D eigenvalue weighted by atomic mass is 16.3. The van der Waals surface area contributed by atoms with Crippen LogP contribution in [0.5, 0.6) is 0 Å². The number of hydrogen-bond acceptors (Lipinski definition) is 4. The van der Waals surface area contributed by atoms with Gasteiger partial charge in [0.05, 0.1) is 25.0 Å². The molecule has 0 aliphatic carbocycles. The molecule has 13 heavy (non-hydrogen) atoms. The number of hydrogen-bond donors (Lipinski definition) is 3. The lowest BCUT2D eigenvalue weighted by Gasteiger charge is -2.13. The summed E-state index contributed by atoms with van der Waals surface area (Å²) in [5.74, 6) is 0.824. The molecule has 0 aliphatic rings. The molecule has 0 fully saturated rings. The largest absolute Gasteiger partial charge is 0.468 e. The Morgan fingerprint density at radius 1 is 1.62 bits per heavy atom. The van der Waals surface area contributed by atoms with Gasteiger partial charge >= 0.3 is 0 Å². The Kier molecular flexibility index (Phi) is 3.95. The minimum atomic E-state index is -0.711. The third-order valence-electron chi connectivity index (χ3n) is 1.84. The first-order valence-electron chi connectivity index (χ1n) is 4.29. The molecule has 3 N–H and O–H groups in total. The van der Waals surface area contributed by atoms with Crippen LogP contribution < -0.4 is 5.32 Å². The predicted octanol–water partition coefficient (Wildman–Crippen LogP) is 0.283. The first-order valence-corrected chi connectivity index (χ1v) is 4.29. The van der Waals surface area contributed by atoms with Gasteiger partial charge in [-0.05, 0) is 19.1 Å². The van der Waals surface area contributed by atoms with Gasteiger partial charge in [-0.25, -0.2) is 0 Å². The third-order valence-corrected chi connectivity index (χ3v) is 1.84. The van der Waals surface area contributed by atoms with Gasteiger partial charge in [-0.2, -0.15) is 0 Å². The first-order chi connectivity index (χ1) is 6.24. The van der Waals surface area contributed by atoms with Crippen molar-refractivity contribution in [1.29, 1.82) is 0 Å². The van der Waals surface area contributed by atoms with Crippen molar-refractivity contribution in [3.05, 3.63) is 24.2 Å². The zero-order valence-electron chi connectivity index (χ0n) is 7.60. The molecular formula is C9H15NO3. The van der Waals surface area contributed by atoms with E-state index in [9.17, 15) is 0 Å². The summed E-state index contributed by atoms with van der Waals surface area (Å²) in [6.45, 7) is 2.07. The molecular weight excluding hydrogens is 170 g/mol. The van der Waals surface area contributed by atoms with Crippen LogP contribution in [0.15, 0.2) is 22.8 Å². The third kappa shape index (κ3) is 3.18. The van der Waals surface area contributed by atoms with Crippen molar-refractivity contribution in [1.82, 2.24) is 5.32 Å². The van der Waals surface area contributed by atoms with Crippen LogP contribution in [0, 0.1) is 0 Å². The minimum Gasteiger partial charge on any atom is -0.468 e. The van der Waals surface area contributed by atoms with E-state index in [-0.39, 0.29) is 12.6 Å². The Hall–Kier alpha value is -0.840. The van der Waals surface area contributed by atoms with Gasteiger partial charge < -0.3 is 19.9 Å². The second kappa shape index (κ2) is 5.01. The molecule has 0 saturated heterocycles. The van der Waals surface area contributed by atoms with Crippen LogP contribution in [0.1, 0.15) is 18.7 Å². The fraction of sp³-hybridized carbons (Fsp3) is 0.556. The molecule has 4 heteroatoms. The molecule has 4 nitrogen and oxygen atoms in total. The van der Waals surface area contributed by atoms with Crippen LogP contribution >= 0.6 is 0 Å². The van der Waals surface area contributed by atoms with E-state index in [1.54, 1.807) is 6.26 Å². The molecule has 0 aliphatic heterocycles. The Bertz CT molecular complexity index is 223. The van der Waals surface area contributed by atoms with Crippen LogP contribution in [-0.2, 0) is 0 Å². The van der Waals surface area contributed by atoms with E-state index in [2.05, 4.69) is 5.32 Å². The average Bonchev–Trinajstić information content (AvgIpc) is 2.66. The van der Waals surface area contributed by atoms with Crippen LogP contribution in [0.25, 0.3) is 0 Å². The number of rotatable bonds is 5. The van der Waals surface area contributed by atoms with Crippen molar-refractivity contribution in [2.45, 2.75) is 19.1 Å². The maximum atomic E-state index is 9.06. The molecule has 1 aromatic rings. The zero-order valence-corrected chi connectivity index (χ0v) is 7.60. The van der Waals surface area contributed by atoms with Crippen molar-refractivity contribution in [2.24, 2.45) is 0 Å². The van der Waals surface area contributed by atoms with Crippen molar-refractivity contribution in [3.63, 3.8) is 0 Å². The molecule has 2 unspecified atom stereocenters. The Morgan fingerprint density at radius 3 is 2.92 bits per heavy atom. The predicted molar refractivity (Wildman–Crippen MR) is 48.2 cm³/mol. The summed E-state index contributed by atoms with van der Waals surface area (Å²) < 4.78 is 5.15. The number of furan rings is 1. The zero-order chi connectivity index (χ0) is 9.68. The second-order valence-electron chi connectivity index (χ2n) is 2.98. The van der Waals surface area contributed by atoms with Gasteiger partial charge in [0.15, 0.2) is 0 Å². The topological polar surface area (TPSA) is 65.6 Å². The van der Waals surface area contributed by atoms with E-state index in [1.165, 1.54) is 0 Å². The highest BCUT2D eigenvalue weighted by molar-refractivity contribution is 5.02. The van der Waals surface area contributed by atoms with E-state index in [0.29, 0.717) is 6.54 Å². The molecule has 1 heterocycles. The van der Waals surface area contributed by atoms with Gasteiger partial charge in [-0.3, -0.25) is 0 Å². The van der Waals surface area contributed by atoms with Gasteiger partial charge in [0.2, 0.25) is 0 Å². The fourth-order valence-electron chi connectivity index (χ4n) is 1.02. The van der Waals surface area contributed by atoms with Gasteiger partial charge in [-0.15, -0.1) is 0 Å². The second-order valence-corrected chi connectivity index (χ2v) is 2.98. The Morgan fingerprint density at radius 2 is 2.38 bits per heavy atom. The standard InChI is InChI=1S/C9H15NO3/c1-7(9-3-2-4-13-9)10-5-8(12)6-11/h2-4,7-8,10-12H,5-6H2,1H3. The van der Waals surface area contributed by atoms with Gasteiger partial charge in [0.1, 0.15) is 5.76 Å². The average molecular weight is 185 g/mol. The van der Waals surface area contributed by atoms with E-state index < -0.39 is 6.10 Å². The molecule has 0 bridgehead atoms. The smallest absolute Gasteiger partial charge is 0.120 e. The van der Waals surface area contributed by atoms with E-state index in [4.69, 9.17) is 14.6 Å². The van der Waals surface area contributed by atoms with Crippen LogP contribution in [-0.4, -0.2) is 29.5 Å². The minimum absolute atomic E-state index is 0.0520. The summed E-state index contributed by atoms with van der Waals surface area (Å²) >= 11 is 0. The summed E-state index contributed by atoms with van der Waals surface area (Å²) in [6, 6.07) is 3.73. The number of aliphatic hydroxyl groups is 2. The van der Waals surface area contributed by atoms with E-state index >= 15 is 0 Å². The summed E-state index contributed by atoms with van der Waals surface area (Å²) in [5, 5.41) is 20.7. The molecule has 0 amide bonds. The summed E-state index contributed by atoms with van der Waals surface area (Å²) in [4.78, 5) is 0. The lowest BCUT2D eigenvalue weighted by atomic mass is 10.2. The Labute approximate surface area is 77.2 Å². The molecule has 0 spiro atoms. The first kappa shape index (κ1) is 10.2. The maximum Gasteiger partial charge on any atom is 0.120 e. The molecule has 0 saturated carbocycles.